The summed E-state index contributed by atoms with van der Waals surface area (Å²) in [4.78, 5) is 4.22. The van der Waals surface area contributed by atoms with E-state index in [1.54, 1.807) is 0 Å². The van der Waals surface area contributed by atoms with Crippen molar-refractivity contribution in [2.45, 2.75) is 38.9 Å². The highest BCUT2D eigenvalue weighted by Crippen LogP contribution is 2.19. The van der Waals surface area contributed by atoms with E-state index in [2.05, 4.69) is 26.1 Å². The van der Waals surface area contributed by atoms with E-state index >= 15 is 0 Å². The van der Waals surface area contributed by atoms with Gasteiger partial charge in [0.15, 0.2) is 5.82 Å². The van der Waals surface area contributed by atoms with Gasteiger partial charge in [-0.1, -0.05) is 5.16 Å². The van der Waals surface area contributed by atoms with Gasteiger partial charge in [-0.15, -0.1) is 0 Å². The van der Waals surface area contributed by atoms with Gasteiger partial charge in [-0.2, -0.15) is 4.98 Å². The van der Waals surface area contributed by atoms with E-state index < -0.39 is 0 Å². The standard InChI is InChI=1S/C12H16N4O/c1-9-14-12(17-15-9)8-16-6-2-3-11(16)7-13-10-4-5-10/h2-3,6,10,13H,4-5,7-8H2,1H3. The molecular weight excluding hydrogens is 216 g/mol. The zero-order chi connectivity index (χ0) is 11.7. The van der Waals surface area contributed by atoms with Crippen LogP contribution in [0.1, 0.15) is 30.3 Å². The smallest absolute Gasteiger partial charge is 0.246 e. The van der Waals surface area contributed by atoms with E-state index in [4.69, 9.17) is 4.52 Å². The van der Waals surface area contributed by atoms with Crippen LogP contribution in [0.4, 0.5) is 0 Å². The Morgan fingerprint density at radius 2 is 2.41 bits per heavy atom. The highest BCUT2D eigenvalue weighted by Gasteiger charge is 2.20. The molecule has 0 aliphatic heterocycles. The molecule has 90 valence electrons. The first-order valence-electron chi connectivity index (χ1n) is 5.98. The lowest BCUT2D eigenvalue weighted by molar-refractivity contribution is 0.366. The van der Waals surface area contributed by atoms with Gasteiger partial charge in [0.05, 0.1) is 0 Å². The Hall–Kier alpha value is -1.62. The third-order valence-corrected chi connectivity index (χ3v) is 2.95. The van der Waals surface area contributed by atoms with Crippen molar-refractivity contribution in [3.63, 3.8) is 0 Å². The van der Waals surface area contributed by atoms with Gasteiger partial charge < -0.3 is 14.4 Å². The molecule has 0 unspecified atom stereocenters. The van der Waals surface area contributed by atoms with Crippen LogP contribution in [0.5, 0.6) is 0 Å². The summed E-state index contributed by atoms with van der Waals surface area (Å²) in [5.74, 6) is 1.34. The lowest BCUT2D eigenvalue weighted by Gasteiger charge is -2.07. The second-order valence-electron chi connectivity index (χ2n) is 4.52. The van der Waals surface area contributed by atoms with Gasteiger partial charge in [-0.25, -0.2) is 0 Å². The van der Waals surface area contributed by atoms with Gasteiger partial charge in [0.25, 0.3) is 0 Å². The Balaban J connectivity index is 1.67. The van der Waals surface area contributed by atoms with E-state index in [9.17, 15) is 0 Å². The minimum atomic E-state index is 0.648. The average Bonchev–Trinajstić information content (AvgIpc) is 2.90. The van der Waals surface area contributed by atoms with Crippen molar-refractivity contribution in [2.75, 3.05) is 0 Å². The molecule has 2 aromatic heterocycles. The minimum absolute atomic E-state index is 0.648. The van der Waals surface area contributed by atoms with E-state index in [0.717, 1.165) is 12.6 Å². The Kier molecular flexibility index (Phi) is 2.68. The largest absolute Gasteiger partial charge is 0.341 e. The fourth-order valence-electron chi connectivity index (χ4n) is 1.85. The molecular formula is C12H16N4O. The topological polar surface area (TPSA) is 55.9 Å². The van der Waals surface area contributed by atoms with Gasteiger partial charge in [-0.3, -0.25) is 0 Å². The van der Waals surface area contributed by atoms with E-state index in [-0.39, 0.29) is 0 Å². The zero-order valence-electron chi connectivity index (χ0n) is 9.89. The predicted molar refractivity (Wildman–Crippen MR) is 62.4 cm³/mol. The molecule has 5 heteroatoms. The van der Waals surface area contributed by atoms with E-state index in [0.29, 0.717) is 18.3 Å². The summed E-state index contributed by atoms with van der Waals surface area (Å²) in [6.45, 7) is 3.39. The third-order valence-electron chi connectivity index (χ3n) is 2.95. The molecule has 5 nitrogen and oxygen atoms in total. The number of aromatic nitrogens is 3. The molecule has 1 aliphatic carbocycles. The molecule has 2 heterocycles. The molecule has 0 spiro atoms. The van der Waals surface area contributed by atoms with Gasteiger partial charge in [0.1, 0.15) is 6.54 Å². The third kappa shape index (κ3) is 2.55. The summed E-state index contributed by atoms with van der Waals surface area (Å²) in [7, 11) is 0. The first-order valence-corrected chi connectivity index (χ1v) is 5.98. The molecule has 1 aliphatic rings. The van der Waals surface area contributed by atoms with Crippen LogP contribution >= 0.6 is 0 Å². The highest BCUT2D eigenvalue weighted by molar-refractivity contribution is 5.09. The molecule has 0 saturated heterocycles. The number of aryl methyl sites for hydroxylation is 1. The maximum atomic E-state index is 5.13. The molecule has 0 aromatic carbocycles. The second-order valence-corrected chi connectivity index (χ2v) is 4.52. The molecule has 0 atom stereocenters. The van der Waals surface area contributed by atoms with E-state index in [1.807, 2.05) is 19.2 Å². The molecule has 1 fully saturated rings. The monoisotopic (exact) mass is 232 g/mol. The lowest BCUT2D eigenvalue weighted by atomic mass is 10.4. The van der Waals surface area contributed by atoms with Crippen molar-refractivity contribution in [1.29, 1.82) is 0 Å². The van der Waals surface area contributed by atoms with Gasteiger partial charge >= 0.3 is 0 Å². The fraction of sp³-hybridized carbons (Fsp3) is 0.500. The maximum Gasteiger partial charge on any atom is 0.246 e. The molecule has 3 rings (SSSR count). The number of hydrogen-bond acceptors (Lipinski definition) is 4. The summed E-state index contributed by atoms with van der Waals surface area (Å²) < 4.78 is 7.27. The summed E-state index contributed by atoms with van der Waals surface area (Å²) in [6, 6.07) is 4.90. The first kappa shape index (κ1) is 10.5. The lowest BCUT2D eigenvalue weighted by Crippen LogP contribution is -2.18. The predicted octanol–water partition coefficient (Wildman–Crippen LogP) is 1.48. The Bertz CT molecular complexity index is 498. The van der Waals surface area contributed by atoms with Crippen LogP contribution in [-0.2, 0) is 13.1 Å². The van der Waals surface area contributed by atoms with Crippen LogP contribution in [0.2, 0.25) is 0 Å². The molecule has 2 aromatic rings. The average molecular weight is 232 g/mol. The van der Waals surface area contributed by atoms with E-state index in [1.165, 1.54) is 18.5 Å². The van der Waals surface area contributed by atoms with Crippen molar-refractivity contribution < 1.29 is 4.52 Å². The number of hydrogen-bond donors (Lipinski definition) is 1. The van der Waals surface area contributed by atoms with Crippen LogP contribution in [0.15, 0.2) is 22.9 Å². The molecule has 0 bridgehead atoms. The number of rotatable bonds is 5. The molecule has 1 N–H and O–H groups in total. The van der Waals surface area contributed by atoms with Crippen LogP contribution in [0, 0.1) is 6.92 Å². The van der Waals surface area contributed by atoms with Crippen LogP contribution in [-0.4, -0.2) is 20.7 Å². The summed E-state index contributed by atoms with van der Waals surface area (Å²) in [5.41, 5.74) is 1.26. The first-order chi connectivity index (χ1) is 8.31. The van der Waals surface area contributed by atoms with Crippen molar-refractivity contribution >= 4 is 0 Å². The summed E-state index contributed by atoms with van der Waals surface area (Å²) in [5, 5.41) is 7.30. The fourth-order valence-corrected chi connectivity index (χ4v) is 1.85. The molecule has 0 radical (unpaired) electrons. The molecule has 1 saturated carbocycles. The molecule has 17 heavy (non-hydrogen) atoms. The minimum Gasteiger partial charge on any atom is -0.341 e. The normalized spacial score (nSPS) is 15.4. The quantitative estimate of drug-likeness (QED) is 0.848. The van der Waals surface area contributed by atoms with Crippen molar-refractivity contribution in [2.24, 2.45) is 0 Å². The van der Waals surface area contributed by atoms with Gasteiger partial charge in [-0.05, 0) is 31.9 Å². The maximum absolute atomic E-state index is 5.13. The SMILES string of the molecule is Cc1noc(Cn2cccc2CNC2CC2)n1. The Morgan fingerprint density at radius 3 is 3.12 bits per heavy atom. The van der Waals surface area contributed by atoms with Gasteiger partial charge in [0.2, 0.25) is 5.89 Å². The Morgan fingerprint density at radius 1 is 1.53 bits per heavy atom. The second kappa shape index (κ2) is 4.33. The van der Waals surface area contributed by atoms with Gasteiger partial charge in [0, 0.05) is 24.5 Å². The van der Waals surface area contributed by atoms with Crippen LogP contribution in [0.25, 0.3) is 0 Å². The zero-order valence-corrected chi connectivity index (χ0v) is 9.89. The number of nitrogens with one attached hydrogen (secondary N) is 1. The summed E-state index contributed by atoms with van der Waals surface area (Å²) >= 11 is 0. The van der Waals surface area contributed by atoms with Crippen molar-refractivity contribution in [3.05, 3.63) is 35.7 Å². The Labute approximate surface area is 99.8 Å². The van der Waals surface area contributed by atoms with Crippen LogP contribution < -0.4 is 5.32 Å². The number of nitrogens with zero attached hydrogens (tertiary/aromatic N) is 3. The van der Waals surface area contributed by atoms with Crippen molar-refractivity contribution in [3.8, 4) is 0 Å². The summed E-state index contributed by atoms with van der Waals surface area (Å²) in [6.07, 6.45) is 4.66. The van der Waals surface area contributed by atoms with Crippen LogP contribution in [0.3, 0.4) is 0 Å². The molecule has 0 amide bonds. The van der Waals surface area contributed by atoms with Crippen molar-refractivity contribution in [1.82, 2.24) is 20.0 Å². The highest BCUT2D eigenvalue weighted by atomic mass is 16.5.